The van der Waals surface area contributed by atoms with Crippen LogP contribution < -0.4 is 28.7 Å². The zero-order valence-electron chi connectivity index (χ0n) is 61.2. The molecule has 1 saturated carbocycles. The van der Waals surface area contributed by atoms with Crippen LogP contribution >= 0.6 is 0 Å². The number of hydrogen-bond acceptors (Lipinski definition) is 11. The molecular weight excluding hydrogens is 2090 g/mol. The van der Waals surface area contributed by atoms with Crippen LogP contribution in [0.4, 0.5) is 304 Å². The quantitative estimate of drug-likeness (QED) is 0.0396. The first-order chi connectivity index (χ1) is 59.0. The summed E-state index contributed by atoms with van der Waals surface area (Å²) < 4.78 is 941. The van der Waals surface area contributed by atoms with Crippen LogP contribution in [0, 0.1) is 0 Å². The third kappa shape index (κ3) is 15.8. The van der Waals surface area contributed by atoms with Crippen molar-refractivity contribution in [1.82, 2.24) is 24.9 Å². The number of hydrogen-bond donors (Lipinski definition) is 0. The molecule has 0 bridgehead atoms. The molecule has 0 atom stereocenters. The van der Waals surface area contributed by atoms with Gasteiger partial charge < -0.3 is 23.8 Å². The standard InChI is InChI=1S/C59H29F64N7O4/c60-23(61)36(76,77)44(92,93)52(108,109)56(116,117)48(100,101)40(84,85)32(68,69)13-131-21-12-20(124-28(125-21)132-14-33(70,71)41(86,87)49(102,103)57(118,119)53(110,111)45(94,95)37(78,79)24(62)63)129-18-8-4-6-17-7-5-9-19(22(17)18)130(31(129)10-2-1-3-11-31)27-126-29(133-15-34(72,73)42(88,89)50(104,105)58(120,121)54(112,113)46(96,97)38(80,81)25(64)65)128-30(127-27)134-16-35(74,75)43(90,91)51(106,107)59(122,123)55(114,115)47(98,99)39(82,83)26(66)67/h4-9,12,23-26H,1-3,10-11,13-16H2. The van der Waals surface area contributed by atoms with Gasteiger partial charge in [-0.1, -0.05) is 30.7 Å². The number of aromatic nitrogens is 5. The predicted octanol–water partition coefficient (Wildman–Crippen LogP) is 25.1. The van der Waals surface area contributed by atoms with Crippen molar-refractivity contribution in [2.75, 3.05) is 36.2 Å². The lowest BCUT2D eigenvalue weighted by molar-refractivity contribution is -0.447. The van der Waals surface area contributed by atoms with Crippen molar-refractivity contribution >= 4 is 33.9 Å². The molecule has 2 aromatic carbocycles. The maximum Gasteiger partial charge on any atom is 0.385 e. The van der Waals surface area contributed by atoms with Crippen LogP contribution in [0.15, 0.2) is 42.5 Å². The second-order valence-electron chi connectivity index (χ2n) is 27.6. The highest BCUT2D eigenvalue weighted by atomic mass is 19.4. The average Bonchev–Trinajstić information content (AvgIpc) is 0.715. The van der Waals surface area contributed by atoms with Crippen molar-refractivity contribution in [1.29, 1.82) is 0 Å². The second kappa shape index (κ2) is 33.2. The number of alkyl halides is 64. The minimum absolute atomic E-state index is 0.271. The molecule has 1 aliphatic carbocycles. The number of benzene rings is 2. The largest absolute Gasteiger partial charge is 0.471 e. The minimum Gasteiger partial charge on any atom is -0.471 e. The number of ether oxygens (including phenoxy) is 4. The molecule has 11 nitrogen and oxygen atoms in total. The van der Waals surface area contributed by atoms with Gasteiger partial charge in [-0.2, -0.15) is 266 Å². The third-order valence-electron chi connectivity index (χ3n) is 19.0. The minimum atomic E-state index is -9.42. The van der Waals surface area contributed by atoms with E-state index in [0.29, 0.717) is 30.3 Å². The van der Waals surface area contributed by atoms with E-state index in [9.17, 15) is 176 Å². The van der Waals surface area contributed by atoms with Crippen LogP contribution in [0.1, 0.15) is 32.1 Å². The van der Waals surface area contributed by atoms with Gasteiger partial charge in [0.15, 0.2) is 26.4 Å². The lowest BCUT2D eigenvalue weighted by Gasteiger charge is -2.56. The van der Waals surface area contributed by atoms with Crippen molar-refractivity contribution < 1.29 is 300 Å². The molecule has 1 aliphatic heterocycles. The van der Waals surface area contributed by atoms with Gasteiger partial charge in [0.1, 0.15) is 11.5 Å². The summed E-state index contributed by atoms with van der Waals surface area (Å²) in [6, 6.07) is -7.88. The van der Waals surface area contributed by atoms with Crippen LogP contribution in [0.3, 0.4) is 0 Å². The fourth-order valence-corrected chi connectivity index (χ4v) is 11.3. The van der Waals surface area contributed by atoms with E-state index in [1.165, 1.54) is 0 Å². The highest BCUT2D eigenvalue weighted by molar-refractivity contribution is 6.08. The van der Waals surface area contributed by atoms with Crippen LogP contribution in [-0.4, -0.2) is 249 Å². The molecule has 6 rings (SSSR count). The Kier molecular flexibility index (Phi) is 28.2. The number of rotatable bonds is 42. The molecule has 772 valence electrons. The van der Waals surface area contributed by atoms with E-state index in [0.717, 1.165) is 0 Å². The molecule has 0 amide bonds. The van der Waals surface area contributed by atoms with Gasteiger partial charge in [-0.3, -0.25) is 4.90 Å². The van der Waals surface area contributed by atoms with Gasteiger partial charge in [0.2, 0.25) is 11.8 Å². The van der Waals surface area contributed by atoms with Gasteiger partial charge in [-0.15, -0.1) is 4.98 Å². The van der Waals surface area contributed by atoms with E-state index in [1.54, 1.807) is 0 Å². The zero-order chi connectivity index (χ0) is 105. The predicted molar refractivity (Wildman–Crippen MR) is 300 cm³/mol. The summed E-state index contributed by atoms with van der Waals surface area (Å²) in [5.74, 6) is -256. The lowest BCUT2D eigenvalue weighted by Crippen LogP contribution is -2.74. The fraction of sp³-hybridized carbons (Fsp3) is 0.712. The number of nitrogens with zero attached hydrogens (tertiary/aromatic N) is 7. The van der Waals surface area contributed by atoms with Gasteiger partial charge in [0, 0.05) is 11.5 Å². The Morgan fingerprint density at radius 1 is 0.254 bits per heavy atom. The summed E-state index contributed by atoms with van der Waals surface area (Å²) >= 11 is 0. The Morgan fingerprint density at radius 2 is 0.478 bits per heavy atom. The highest BCUT2D eigenvalue weighted by Gasteiger charge is 2.99. The Bertz CT molecular complexity index is 4340. The summed E-state index contributed by atoms with van der Waals surface area (Å²) in [6.07, 6.45) is -32.0. The first-order valence-electron chi connectivity index (χ1n) is 33.0. The highest BCUT2D eigenvalue weighted by Crippen LogP contribution is 2.70. The Morgan fingerprint density at radius 3 is 0.731 bits per heavy atom. The summed E-state index contributed by atoms with van der Waals surface area (Å²) in [5, 5.41) is -2.15. The molecule has 134 heavy (non-hydrogen) atoms. The van der Waals surface area contributed by atoms with Crippen LogP contribution in [0.5, 0.6) is 23.9 Å². The topological polar surface area (TPSA) is 108 Å². The fourth-order valence-electron chi connectivity index (χ4n) is 11.3. The van der Waals surface area contributed by atoms with Crippen molar-refractivity contribution in [2.24, 2.45) is 0 Å². The van der Waals surface area contributed by atoms with Crippen molar-refractivity contribution in [3.8, 4) is 23.9 Å². The van der Waals surface area contributed by atoms with E-state index in [1.807, 2.05) is 0 Å². The maximum atomic E-state index is 15.7. The molecule has 1 spiro atoms. The Hall–Kier alpha value is -8.89. The molecule has 0 saturated heterocycles. The van der Waals surface area contributed by atoms with Gasteiger partial charge in [0.25, 0.3) is 0 Å². The van der Waals surface area contributed by atoms with E-state index in [4.69, 9.17) is 0 Å². The monoisotopic (exact) mass is 2120 g/mol. The number of halogens is 64. The van der Waals surface area contributed by atoms with Crippen LogP contribution in [0.2, 0.25) is 0 Å². The molecule has 75 heteroatoms. The second-order valence-corrected chi connectivity index (χ2v) is 27.6. The van der Waals surface area contributed by atoms with E-state index < -0.39 is 320 Å². The van der Waals surface area contributed by atoms with Gasteiger partial charge in [-0.25, -0.2) is 35.1 Å². The van der Waals surface area contributed by atoms with E-state index in [2.05, 4.69) is 43.9 Å². The van der Waals surface area contributed by atoms with Gasteiger partial charge in [-0.05, 0) is 43.2 Å². The normalized spacial score (nSPS) is 17.1. The van der Waals surface area contributed by atoms with Crippen molar-refractivity contribution in [3.63, 3.8) is 0 Å². The average molecular weight is 2120 g/mol. The summed E-state index contributed by atoms with van der Waals surface area (Å²) in [4.78, 5) is 12.6. The molecule has 1 fully saturated rings. The smallest absolute Gasteiger partial charge is 0.385 e. The van der Waals surface area contributed by atoms with Gasteiger partial charge in [0.05, 0.1) is 11.4 Å². The summed E-state index contributed by atoms with van der Waals surface area (Å²) in [7, 11) is 0. The molecule has 0 unspecified atom stereocenters. The molecule has 3 heterocycles. The molecule has 0 radical (unpaired) electrons. The first-order valence-corrected chi connectivity index (χ1v) is 33.0. The molecular formula is C59H29F64N7O4. The molecule has 0 N–H and O–H groups in total. The Labute approximate surface area is 690 Å². The summed E-state index contributed by atoms with van der Waals surface area (Å²) in [6.45, 7) is -18.1. The van der Waals surface area contributed by atoms with Crippen LogP contribution in [0.25, 0.3) is 10.8 Å². The number of anilines is 4. The van der Waals surface area contributed by atoms with Crippen molar-refractivity contribution in [3.05, 3.63) is 42.5 Å². The SMILES string of the molecule is FC(F)C(F)(F)C(F)(F)C(F)(F)C(F)(F)C(F)(F)C(F)(F)C(F)(F)COc1cc(N2c3cccc4cccc(c34)N(c3nc(OCC(F)(F)C(F)(F)C(F)(F)C(F)(F)C(F)(F)C(F)(F)C(F)(F)C(F)F)nc(OCC(F)(F)C(F)(F)C(F)(F)C(F)(F)C(F)(F)C(F)(F)C(F)(F)C(F)F)n3)C23CCCCC3)nc(OCC(F)(F)C(F)(F)C(F)(F)C(F)(F)C(F)(F)C(F)(F)C(F)(F)C(F)F)n1. The van der Waals surface area contributed by atoms with Crippen molar-refractivity contribution in [2.45, 2.75) is 229 Å². The van der Waals surface area contributed by atoms with Crippen LogP contribution in [-0.2, 0) is 0 Å². The summed E-state index contributed by atoms with van der Waals surface area (Å²) in [5.41, 5.74) is -6.31. The first kappa shape index (κ1) is 114. The Balaban J connectivity index is 1.74. The molecule has 2 aliphatic rings. The zero-order valence-corrected chi connectivity index (χ0v) is 61.2. The van der Waals surface area contributed by atoms with Gasteiger partial charge >= 0.3 is 210 Å². The van der Waals surface area contributed by atoms with E-state index in [-0.39, 0.29) is 15.9 Å². The lowest BCUT2D eigenvalue weighted by atomic mass is 9.82. The maximum absolute atomic E-state index is 15.7. The molecule has 4 aromatic rings. The van der Waals surface area contributed by atoms with E-state index >= 15 is 105 Å². The molecule has 2 aromatic heterocycles. The third-order valence-corrected chi connectivity index (χ3v) is 19.0.